The third-order valence-corrected chi connectivity index (χ3v) is 3.72. The van der Waals surface area contributed by atoms with E-state index < -0.39 is 47.4 Å². The van der Waals surface area contributed by atoms with E-state index in [0.717, 1.165) is 17.0 Å². The molecule has 1 aromatic carbocycles. The number of carbonyl (C=O) groups excluding carboxylic acids is 1. The molecule has 5 nitrogen and oxygen atoms in total. The highest BCUT2D eigenvalue weighted by atomic mass is 19.1. The molecule has 1 amide bonds. The fourth-order valence-corrected chi connectivity index (χ4v) is 2.63. The van der Waals surface area contributed by atoms with Crippen LogP contribution in [0.15, 0.2) is 18.2 Å². The number of carboxylic acid groups (broad SMARTS) is 1. The van der Waals surface area contributed by atoms with Crippen molar-refractivity contribution in [1.29, 1.82) is 0 Å². The van der Waals surface area contributed by atoms with Crippen LogP contribution in [-0.4, -0.2) is 46.4 Å². The first-order chi connectivity index (χ1) is 10.9. The smallest absolute Gasteiger partial charge is 0.410 e. The molecule has 24 heavy (non-hydrogen) atoms. The molecule has 1 heterocycles. The van der Waals surface area contributed by atoms with E-state index in [-0.39, 0.29) is 12.1 Å². The summed E-state index contributed by atoms with van der Waals surface area (Å²) in [5, 5.41) is 9.23. The van der Waals surface area contributed by atoms with E-state index in [1.165, 1.54) is 0 Å². The number of ether oxygens (including phenoxy) is 1. The van der Waals surface area contributed by atoms with E-state index in [2.05, 4.69) is 0 Å². The Bertz CT molecular complexity index is 674. The van der Waals surface area contributed by atoms with Gasteiger partial charge in [0.1, 0.15) is 17.2 Å². The summed E-state index contributed by atoms with van der Waals surface area (Å²) >= 11 is 0. The van der Waals surface area contributed by atoms with Gasteiger partial charge in [0.05, 0.1) is 12.5 Å². The van der Waals surface area contributed by atoms with Gasteiger partial charge >= 0.3 is 12.1 Å². The lowest BCUT2D eigenvalue weighted by molar-refractivity contribution is -0.150. The van der Waals surface area contributed by atoms with Gasteiger partial charge in [-0.05, 0) is 32.4 Å². The molecule has 1 saturated heterocycles. The zero-order valence-corrected chi connectivity index (χ0v) is 13.5. The van der Waals surface area contributed by atoms with Crippen LogP contribution in [0.25, 0.3) is 0 Å². The summed E-state index contributed by atoms with van der Waals surface area (Å²) in [5.74, 6) is -5.21. The summed E-state index contributed by atoms with van der Waals surface area (Å²) in [6.45, 7) is 3.66. The molecule has 132 valence electrons. The maximum Gasteiger partial charge on any atom is 0.410 e. The molecule has 2 rings (SSSR count). The number of amides is 1. The SMILES string of the molecule is CC(C)(C)OC(=O)N1C[C@@H](c2ccc(F)cc2F)[C@](F)(C(=O)O)C1. The molecule has 0 radical (unpaired) electrons. The highest BCUT2D eigenvalue weighted by molar-refractivity contribution is 5.82. The van der Waals surface area contributed by atoms with Crippen LogP contribution in [0.2, 0.25) is 0 Å². The molecule has 0 spiro atoms. The van der Waals surface area contributed by atoms with E-state index in [4.69, 9.17) is 4.74 Å². The van der Waals surface area contributed by atoms with Gasteiger partial charge in [-0.15, -0.1) is 0 Å². The predicted octanol–water partition coefficient (Wildman–Crippen LogP) is 3.09. The number of alkyl halides is 1. The monoisotopic (exact) mass is 345 g/mol. The second-order valence-electron chi connectivity index (χ2n) is 6.75. The number of aliphatic carboxylic acids is 1. The van der Waals surface area contributed by atoms with Crippen molar-refractivity contribution in [3.63, 3.8) is 0 Å². The fraction of sp³-hybridized carbons (Fsp3) is 0.500. The number of rotatable bonds is 2. The number of carbonyl (C=O) groups is 2. The molecule has 1 aromatic rings. The molecule has 1 aliphatic heterocycles. The first-order valence-electron chi connectivity index (χ1n) is 7.29. The number of carboxylic acids is 1. The van der Waals surface area contributed by atoms with E-state index in [1.54, 1.807) is 20.8 Å². The average molecular weight is 345 g/mol. The van der Waals surface area contributed by atoms with Crippen molar-refractivity contribution in [1.82, 2.24) is 4.90 Å². The van der Waals surface area contributed by atoms with Crippen molar-refractivity contribution >= 4 is 12.1 Å². The highest BCUT2D eigenvalue weighted by Gasteiger charge is 2.56. The second kappa shape index (κ2) is 5.99. The Balaban J connectivity index is 2.36. The number of halogens is 3. The first kappa shape index (κ1) is 18.1. The molecular weight excluding hydrogens is 327 g/mol. The number of likely N-dealkylation sites (tertiary alicyclic amines) is 1. The molecule has 0 bridgehead atoms. The molecule has 0 aliphatic carbocycles. The minimum Gasteiger partial charge on any atom is -0.479 e. The van der Waals surface area contributed by atoms with Crippen LogP contribution in [0.1, 0.15) is 32.3 Å². The van der Waals surface area contributed by atoms with Gasteiger partial charge in [-0.25, -0.2) is 22.8 Å². The van der Waals surface area contributed by atoms with Crippen LogP contribution in [0.3, 0.4) is 0 Å². The lowest BCUT2D eigenvalue weighted by Gasteiger charge is -2.24. The van der Waals surface area contributed by atoms with Gasteiger partial charge in [0.2, 0.25) is 5.67 Å². The van der Waals surface area contributed by atoms with Crippen LogP contribution in [-0.2, 0) is 9.53 Å². The zero-order chi connectivity index (χ0) is 18.3. The Hall–Kier alpha value is -2.25. The third-order valence-electron chi connectivity index (χ3n) is 3.72. The molecule has 0 unspecified atom stereocenters. The number of nitrogens with zero attached hydrogens (tertiary/aromatic N) is 1. The minimum absolute atomic E-state index is 0.299. The summed E-state index contributed by atoms with van der Waals surface area (Å²) < 4.78 is 47.1. The van der Waals surface area contributed by atoms with Crippen LogP contribution in [0.4, 0.5) is 18.0 Å². The molecule has 1 N–H and O–H groups in total. The van der Waals surface area contributed by atoms with E-state index in [0.29, 0.717) is 6.07 Å². The van der Waals surface area contributed by atoms with E-state index in [9.17, 15) is 27.9 Å². The van der Waals surface area contributed by atoms with Gasteiger partial charge in [0.25, 0.3) is 0 Å². The summed E-state index contributed by atoms with van der Waals surface area (Å²) in [4.78, 5) is 24.3. The first-order valence-corrected chi connectivity index (χ1v) is 7.29. The number of benzene rings is 1. The normalized spacial score (nSPS) is 24.1. The Morgan fingerprint density at radius 2 is 1.96 bits per heavy atom. The molecule has 0 aromatic heterocycles. The Labute approximate surface area is 137 Å². The van der Waals surface area contributed by atoms with Crippen molar-refractivity contribution in [2.24, 2.45) is 0 Å². The van der Waals surface area contributed by atoms with Crippen LogP contribution < -0.4 is 0 Å². The maximum absolute atomic E-state index is 15.0. The van der Waals surface area contributed by atoms with E-state index in [1.807, 2.05) is 0 Å². The predicted molar refractivity (Wildman–Crippen MR) is 78.4 cm³/mol. The van der Waals surface area contributed by atoms with Gasteiger partial charge in [0, 0.05) is 12.6 Å². The Morgan fingerprint density at radius 3 is 2.46 bits per heavy atom. The lowest BCUT2D eigenvalue weighted by Crippen LogP contribution is -2.42. The van der Waals surface area contributed by atoms with Crippen molar-refractivity contribution in [3.05, 3.63) is 35.4 Å². The minimum atomic E-state index is -2.89. The Morgan fingerprint density at radius 1 is 1.33 bits per heavy atom. The quantitative estimate of drug-likeness (QED) is 0.894. The second-order valence-corrected chi connectivity index (χ2v) is 6.75. The average Bonchev–Trinajstić information content (AvgIpc) is 2.76. The lowest BCUT2D eigenvalue weighted by atomic mass is 9.86. The third kappa shape index (κ3) is 3.47. The van der Waals surface area contributed by atoms with Gasteiger partial charge in [-0.2, -0.15) is 0 Å². The van der Waals surface area contributed by atoms with Crippen molar-refractivity contribution in [3.8, 4) is 0 Å². The van der Waals surface area contributed by atoms with Gasteiger partial charge in [0.15, 0.2) is 0 Å². The number of hydrogen-bond donors (Lipinski definition) is 1. The largest absolute Gasteiger partial charge is 0.479 e. The van der Waals surface area contributed by atoms with Crippen molar-refractivity contribution in [2.45, 2.75) is 38.0 Å². The van der Waals surface area contributed by atoms with Gasteiger partial charge < -0.3 is 14.7 Å². The zero-order valence-electron chi connectivity index (χ0n) is 13.5. The van der Waals surface area contributed by atoms with E-state index >= 15 is 0 Å². The standard InChI is InChI=1S/C16H18F3NO4/c1-15(2,3)24-14(23)20-7-11(16(19,8-20)13(21)22)10-5-4-9(17)6-12(10)18/h4-6,11H,7-8H2,1-3H3,(H,21,22)/t11-,16-/m0/s1. The molecular formula is C16H18F3NO4. The van der Waals surface area contributed by atoms with Crippen LogP contribution in [0.5, 0.6) is 0 Å². The molecule has 1 fully saturated rings. The van der Waals surface area contributed by atoms with Gasteiger partial charge in [-0.3, -0.25) is 0 Å². The number of hydrogen-bond acceptors (Lipinski definition) is 3. The van der Waals surface area contributed by atoms with Crippen molar-refractivity contribution in [2.75, 3.05) is 13.1 Å². The highest BCUT2D eigenvalue weighted by Crippen LogP contribution is 2.41. The van der Waals surface area contributed by atoms with Crippen molar-refractivity contribution < 1.29 is 32.6 Å². The fourth-order valence-electron chi connectivity index (χ4n) is 2.63. The molecule has 0 saturated carbocycles. The summed E-state index contributed by atoms with van der Waals surface area (Å²) in [7, 11) is 0. The molecule has 2 atom stereocenters. The van der Waals surface area contributed by atoms with Crippen LogP contribution >= 0.6 is 0 Å². The topological polar surface area (TPSA) is 66.8 Å². The summed E-state index contributed by atoms with van der Waals surface area (Å²) in [6.07, 6.45) is -0.893. The molecule has 8 heteroatoms. The summed E-state index contributed by atoms with van der Waals surface area (Å²) in [5.41, 5.74) is -4.04. The Kier molecular flexibility index (Phi) is 4.52. The maximum atomic E-state index is 15.0. The van der Waals surface area contributed by atoms with Gasteiger partial charge in [-0.1, -0.05) is 6.07 Å². The molecule has 1 aliphatic rings. The van der Waals surface area contributed by atoms with Crippen LogP contribution in [0, 0.1) is 11.6 Å². The summed E-state index contributed by atoms with van der Waals surface area (Å²) in [6, 6.07) is 2.45.